The van der Waals surface area contributed by atoms with Crippen molar-refractivity contribution in [2.45, 2.75) is 26.3 Å². The summed E-state index contributed by atoms with van der Waals surface area (Å²) >= 11 is 3.30. The van der Waals surface area contributed by atoms with Crippen molar-refractivity contribution in [1.82, 2.24) is 10.2 Å². The van der Waals surface area contributed by atoms with Crippen molar-refractivity contribution < 1.29 is 19.1 Å². The van der Waals surface area contributed by atoms with Gasteiger partial charge in [-0.05, 0) is 34.0 Å². The smallest absolute Gasteiger partial charge is 0.329 e. The van der Waals surface area contributed by atoms with Crippen LogP contribution in [0.25, 0.3) is 0 Å². The van der Waals surface area contributed by atoms with Crippen molar-refractivity contribution >= 4 is 33.7 Å². The molecule has 1 N–H and O–H groups in total. The second-order valence-electron chi connectivity index (χ2n) is 6.01. The van der Waals surface area contributed by atoms with Crippen molar-refractivity contribution in [3.63, 3.8) is 0 Å². The third-order valence-corrected chi connectivity index (χ3v) is 4.34. The number of amides is 2. The van der Waals surface area contributed by atoms with Crippen molar-refractivity contribution in [1.29, 1.82) is 5.26 Å². The second-order valence-corrected chi connectivity index (χ2v) is 6.86. The number of carbonyl (C=O) groups is 3. The van der Waals surface area contributed by atoms with Gasteiger partial charge in [-0.2, -0.15) is 5.26 Å². The fourth-order valence-corrected chi connectivity index (χ4v) is 2.50. The minimum absolute atomic E-state index is 0.201. The van der Waals surface area contributed by atoms with Crippen LogP contribution in [0.1, 0.15) is 30.6 Å². The van der Waals surface area contributed by atoms with Gasteiger partial charge in [0.15, 0.2) is 6.61 Å². The van der Waals surface area contributed by atoms with E-state index in [1.165, 1.54) is 11.9 Å². The topological polar surface area (TPSA) is 99.5 Å². The van der Waals surface area contributed by atoms with Gasteiger partial charge in [-0.3, -0.25) is 9.59 Å². The molecule has 0 fully saturated rings. The van der Waals surface area contributed by atoms with Gasteiger partial charge in [-0.1, -0.05) is 26.0 Å². The van der Waals surface area contributed by atoms with E-state index >= 15 is 0 Å². The number of nitrogens with one attached hydrogen (secondary N) is 1. The number of carbonyl (C=O) groups excluding carboxylic acids is 3. The molecule has 1 rings (SSSR count). The van der Waals surface area contributed by atoms with Crippen LogP contribution in [0.15, 0.2) is 28.7 Å². The van der Waals surface area contributed by atoms with Crippen LogP contribution in [0.2, 0.25) is 0 Å². The average Bonchev–Trinajstić information content (AvgIpc) is 2.61. The quantitative estimate of drug-likeness (QED) is 0.645. The predicted octanol–water partition coefficient (Wildman–Crippen LogP) is 2.12. The summed E-state index contributed by atoms with van der Waals surface area (Å²) in [5.41, 5.74) is 0.401. The molecule has 0 radical (unpaired) electrons. The van der Waals surface area contributed by atoms with Gasteiger partial charge in [0, 0.05) is 18.1 Å². The van der Waals surface area contributed by atoms with E-state index < -0.39 is 30.4 Å². The Morgan fingerprint density at radius 1 is 1.31 bits per heavy atom. The zero-order valence-electron chi connectivity index (χ0n) is 15.0. The summed E-state index contributed by atoms with van der Waals surface area (Å²) in [7, 11) is 1.53. The molecule has 0 aliphatic carbocycles. The van der Waals surface area contributed by atoms with Crippen LogP contribution in [0.5, 0.6) is 0 Å². The number of nitrogens with zero attached hydrogens (tertiary/aromatic N) is 2. The monoisotopic (exact) mass is 423 g/mol. The minimum atomic E-state index is -0.883. The van der Waals surface area contributed by atoms with Gasteiger partial charge in [0.1, 0.15) is 6.04 Å². The first kappa shape index (κ1) is 21.6. The molecule has 0 heterocycles. The van der Waals surface area contributed by atoms with Crippen LogP contribution < -0.4 is 5.32 Å². The van der Waals surface area contributed by atoms with Crippen molar-refractivity contribution in [2.75, 3.05) is 20.2 Å². The molecular weight excluding hydrogens is 402 g/mol. The van der Waals surface area contributed by atoms with Gasteiger partial charge in [-0.15, -0.1) is 0 Å². The molecule has 140 valence electrons. The normalized spacial score (nSPS) is 11.4. The summed E-state index contributed by atoms with van der Waals surface area (Å²) in [6.07, 6.45) is 0.201. The van der Waals surface area contributed by atoms with Gasteiger partial charge >= 0.3 is 5.97 Å². The lowest BCUT2D eigenvalue weighted by Gasteiger charge is -2.22. The maximum Gasteiger partial charge on any atom is 0.329 e. The summed E-state index contributed by atoms with van der Waals surface area (Å²) in [4.78, 5) is 37.9. The molecular formula is C18H22BrN3O4. The van der Waals surface area contributed by atoms with E-state index in [4.69, 9.17) is 10.00 Å². The van der Waals surface area contributed by atoms with E-state index in [0.29, 0.717) is 10.0 Å². The second kappa shape index (κ2) is 10.6. The highest BCUT2D eigenvalue weighted by Crippen LogP contribution is 2.16. The first-order valence-electron chi connectivity index (χ1n) is 8.10. The summed E-state index contributed by atoms with van der Waals surface area (Å²) in [6, 6.07) is 7.92. The molecule has 0 aliphatic heterocycles. The number of esters is 1. The SMILES string of the molecule is CC(C)[C@H](NC(=O)c1ccccc1Br)C(=O)OCC(=O)N(C)CCC#N. The third-order valence-electron chi connectivity index (χ3n) is 3.65. The van der Waals surface area contributed by atoms with Gasteiger partial charge in [0.25, 0.3) is 11.8 Å². The van der Waals surface area contributed by atoms with Crippen molar-refractivity contribution in [2.24, 2.45) is 5.92 Å². The van der Waals surface area contributed by atoms with Crippen LogP contribution in [0, 0.1) is 17.2 Å². The molecule has 0 unspecified atom stereocenters. The highest BCUT2D eigenvalue weighted by atomic mass is 79.9. The maximum atomic E-state index is 12.4. The molecule has 8 heteroatoms. The van der Waals surface area contributed by atoms with Crippen LogP contribution in [0.3, 0.4) is 0 Å². The number of hydrogen-bond donors (Lipinski definition) is 1. The summed E-state index contributed by atoms with van der Waals surface area (Å²) in [5.74, 6) is -1.72. The highest BCUT2D eigenvalue weighted by Gasteiger charge is 2.27. The Morgan fingerprint density at radius 3 is 2.54 bits per heavy atom. The Morgan fingerprint density at radius 2 is 1.96 bits per heavy atom. The van der Waals surface area contributed by atoms with Crippen LogP contribution >= 0.6 is 15.9 Å². The Kier molecular flexibility index (Phi) is 8.79. The number of likely N-dealkylation sites (N-methyl/N-ethyl adjacent to an activating group) is 1. The first-order chi connectivity index (χ1) is 12.3. The maximum absolute atomic E-state index is 12.4. The number of hydrogen-bond acceptors (Lipinski definition) is 5. The van der Waals surface area contributed by atoms with Crippen molar-refractivity contribution in [3.05, 3.63) is 34.3 Å². The van der Waals surface area contributed by atoms with Crippen LogP contribution in [-0.4, -0.2) is 48.9 Å². The number of benzene rings is 1. The van der Waals surface area contributed by atoms with E-state index in [1.807, 2.05) is 6.07 Å². The van der Waals surface area contributed by atoms with E-state index in [0.717, 1.165) is 0 Å². The van der Waals surface area contributed by atoms with Crippen molar-refractivity contribution in [3.8, 4) is 6.07 Å². The minimum Gasteiger partial charge on any atom is -0.454 e. The molecule has 0 aliphatic rings. The zero-order chi connectivity index (χ0) is 19.7. The lowest BCUT2D eigenvalue weighted by molar-refractivity contribution is -0.154. The lowest BCUT2D eigenvalue weighted by atomic mass is 10.0. The molecule has 26 heavy (non-hydrogen) atoms. The number of ether oxygens (including phenoxy) is 1. The number of halogens is 1. The molecule has 0 bridgehead atoms. The molecule has 7 nitrogen and oxygen atoms in total. The first-order valence-corrected chi connectivity index (χ1v) is 8.90. The molecule has 1 aromatic rings. The van der Waals surface area contributed by atoms with E-state index in [9.17, 15) is 14.4 Å². The molecule has 0 saturated heterocycles. The summed E-state index contributed by atoms with van der Waals surface area (Å²) in [6.45, 7) is 3.37. The van der Waals surface area contributed by atoms with E-state index in [-0.39, 0.29) is 18.9 Å². The van der Waals surface area contributed by atoms with Gasteiger partial charge in [-0.25, -0.2) is 4.79 Å². The van der Waals surface area contributed by atoms with Crippen LogP contribution in [0.4, 0.5) is 0 Å². The van der Waals surface area contributed by atoms with Gasteiger partial charge in [0.2, 0.25) is 0 Å². The Labute approximate surface area is 161 Å². The Bertz CT molecular complexity index is 700. The summed E-state index contributed by atoms with van der Waals surface area (Å²) < 4.78 is 5.67. The number of rotatable bonds is 8. The van der Waals surface area contributed by atoms with Gasteiger partial charge < -0.3 is 15.0 Å². The molecule has 0 aromatic heterocycles. The Balaban J connectivity index is 2.68. The standard InChI is InChI=1S/C18H22BrN3O4/c1-12(2)16(21-17(24)13-7-4-5-8-14(13)19)18(25)26-11-15(23)22(3)10-6-9-20/h4-5,7-8,12,16H,6,10-11H2,1-3H3,(H,21,24)/t16-/m0/s1. The van der Waals surface area contributed by atoms with Crippen LogP contribution in [-0.2, 0) is 14.3 Å². The van der Waals surface area contributed by atoms with Gasteiger partial charge in [0.05, 0.1) is 18.1 Å². The van der Waals surface area contributed by atoms with E-state index in [2.05, 4.69) is 21.2 Å². The lowest BCUT2D eigenvalue weighted by Crippen LogP contribution is -2.46. The zero-order valence-corrected chi connectivity index (χ0v) is 16.6. The molecule has 1 atom stereocenters. The molecule has 0 spiro atoms. The molecule has 1 aromatic carbocycles. The van der Waals surface area contributed by atoms with E-state index in [1.54, 1.807) is 38.1 Å². The predicted molar refractivity (Wildman–Crippen MR) is 99.1 cm³/mol. The number of nitriles is 1. The summed E-state index contributed by atoms with van der Waals surface area (Å²) in [5, 5.41) is 11.2. The highest BCUT2D eigenvalue weighted by molar-refractivity contribution is 9.10. The fourth-order valence-electron chi connectivity index (χ4n) is 2.04. The third kappa shape index (κ3) is 6.48. The average molecular weight is 424 g/mol. The molecule has 2 amide bonds. The largest absolute Gasteiger partial charge is 0.454 e. The fraction of sp³-hybridized carbons (Fsp3) is 0.444. The Hall–Kier alpha value is -2.40. The molecule has 0 saturated carbocycles.